The molecule has 0 fully saturated rings. The van der Waals surface area contributed by atoms with Gasteiger partial charge in [0.15, 0.2) is 16.5 Å². The highest BCUT2D eigenvalue weighted by atomic mass is 32.1. The van der Waals surface area contributed by atoms with Crippen LogP contribution in [0.2, 0.25) is 0 Å². The van der Waals surface area contributed by atoms with Gasteiger partial charge in [-0.05, 0) is 24.6 Å². The minimum atomic E-state index is 0.215. The Morgan fingerprint density at radius 1 is 1.30 bits per heavy atom. The highest BCUT2D eigenvalue weighted by Crippen LogP contribution is 2.32. The van der Waals surface area contributed by atoms with E-state index >= 15 is 0 Å². The lowest BCUT2D eigenvalue weighted by Gasteiger charge is -2.16. The summed E-state index contributed by atoms with van der Waals surface area (Å²) in [5.74, 6) is 1.68. The van der Waals surface area contributed by atoms with E-state index in [0.717, 1.165) is 41.7 Å². The van der Waals surface area contributed by atoms with E-state index in [1.54, 1.807) is 11.3 Å². The number of nitrogens with one attached hydrogen (secondary N) is 1. The van der Waals surface area contributed by atoms with Gasteiger partial charge in [-0.1, -0.05) is 6.07 Å². The molecule has 0 bridgehead atoms. The Kier molecular flexibility index (Phi) is 3.93. The summed E-state index contributed by atoms with van der Waals surface area (Å²) in [5.41, 5.74) is 2.24. The smallest absolute Gasteiger partial charge is 0.193 e. The lowest BCUT2D eigenvalue weighted by Crippen LogP contribution is -2.18. The number of nitrogens with zero attached hydrogens (tertiary/aromatic N) is 2. The van der Waals surface area contributed by atoms with Gasteiger partial charge in [0.25, 0.3) is 0 Å². The minimum absolute atomic E-state index is 0.215. The summed E-state index contributed by atoms with van der Waals surface area (Å²) in [6, 6.07) is 6.38. The summed E-state index contributed by atoms with van der Waals surface area (Å²) >= 11 is 1.65. The number of aromatic nitrogens is 2. The molecule has 2 aromatic heterocycles. The Morgan fingerprint density at radius 2 is 2.17 bits per heavy atom. The van der Waals surface area contributed by atoms with Gasteiger partial charge in [0.1, 0.15) is 0 Å². The second-order valence-electron chi connectivity index (χ2n) is 5.68. The van der Waals surface area contributed by atoms with Crippen LogP contribution in [0.4, 0.5) is 0 Å². The van der Waals surface area contributed by atoms with Crippen LogP contribution in [0, 0.1) is 0 Å². The van der Waals surface area contributed by atoms with Crippen molar-refractivity contribution in [2.75, 3.05) is 13.2 Å². The van der Waals surface area contributed by atoms with Crippen LogP contribution in [-0.4, -0.2) is 22.6 Å². The van der Waals surface area contributed by atoms with Gasteiger partial charge in [-0.15, -0.1) is 11.3 Å². The van der Waals surface area contributed by atoms with Crippen molar-refractivity contribution >= 4 is 16.3 Å². The van der Waals surface area contributed by atoms with E-state index in [-0.39, 0.29) is 6.04 Å². The third kappa shape index (κ3) is 3.04. The molecular formula is C17H19N3O2S. The van der Waals surface area contributed by atoms with Crippen LogP contribution < -0.4 is 14.8 Å². The van der Waals surface area contributed by atoms with Crippen LogP contribution in [0.3, 0.4) is 0 Å². The first-order valence-electron chi connectivity index (χ1n) is 7.83. The maximum Gasteiger partial charge on any atom is 0.193 e. The monoisotopic (exact) mass is 329 g/mol. The molecule has 5 nitrogen and oxygen atoms in total. The molecule has 0 spiro atoms. The lowest BCUT2D eigenvalue weighted by molar-refractivity contribution is 0.297. The van der Waals surface area contributed by atoms with Crippen LogP contribution in [-0.2, 0) is 6.54 Å². The zero-order chi connectivity index (χ0) is 15.6. The molecule has 3 heterocycles. The molecule has 0 amide bonds. The van der Waals surface area contributed by atoms with Crippen molar-refractivity contribution in [3.8, 4) is 11.5 Å². The second-order valence-corrected chi connectivity index (χ2v) is 6.56. The highest BCUT2D eigenvalue weighted by molar-refractivity contribution is 7.15. The van der Waals surface area contributed by atoms with Crippen LogP contribution in [0.5, 0.6) is 11.5 Å². The van der Waals surface area contributed by atoms with Crippen molar-refractivity contribution in [3.63, 3.8) is 0 Å². The van der Waals surface area contributed by atoms with Crippen molar-refractivity contribution in [2.24, 2.45) is 0 Å². The molecule has 6 heteroatoms. The molecule has 1 atom stereocenters. The Hall–Kier alpha value is -2.05. The normalized spacial score (nSPS) is 15.5. The zero-order valence-electron chi connectivity index (χ0n) is 13.0. The summed E-state index contributed by atoms with van der Waals surface area (Å²) in [6.07, 6.45) is 5.03. The van der Waals surface area contributed by atoms with Crippen molar-refractivity contribution in [1.29, 1.82) is 0 Å². The maximum absolute atomic E-state index is 5.76. The van der Waals surface area contributed by atoms with Gasteiger partial charge < -0.3 is 14.8 Å². The van der Waals surface area contributed by atoms with Gasteiger partial charge in [0.2, 0.25) is 0 Å². The van der Waals surface area contributed by atoms with E-state index < -0.39 is 0 Å². The largest absolute Gasteiger partial charge is 0.490 e. The molecule has 0 radical (unpaired) electrons. The number of benzene rings is 1. The van der Waals surface area contributed by atoms with Crippen molar-refractivity contribution in [3.05, 3.63) is 47.2 Å². The Bertz CT molecular complexity index is 783. The molecule has 120 valence electrons. The molecule has 23 heavy (non-hydrogen) atoms. The topological polar surface area (TPSA) is 47.8 Å². The van der Waals surface area contributed by atoms with Gasteiger partial charge in [-0.25, -0.2) is 4.98 Å². The molecule has 1 aliphatic heterocycles. The predicted octanol–water partition coefficient (Wildman–Crippen LogP) is 3.41. The zero-order valence-corrected chi connectivity index (χ0v) is 13.8. The maximum atomic E-state index is 5.76. The van der Waals surface area contributed by atoms with Crippen LogP contribution in [0.25, 0.3) is 4.96 Å². The Labute approximate surface area is 138 Å². The number of ether oxygens (including phenoxy) is 2. The average molecular weight is 329 g/mol. The third-order valence-electron chi connectivity index (χ3n) is 4.00. The fourth-order valence-corrected chi connectivity index (χ4v) is 3.40. The molecule has 0 aliphatic carbocycles. The molecule has 3 aromatic rings. The van der Waals surface area contributed by atoms with E-state index in [1.807, 2.05) is 17.6 Å². The fraction of sp³-hybridized carbons (Fsp3) is 0.353. The molecule has 1 aliphatic rings. The minimum Gasteiger partial charge on any atom is -0.490 e. The standard InChI is InChI=1S/C17H19N3O2S/c1-12(18-10-14-11-20-5-8-23-17(20)19-14)13-3-4-15-16(9-13)22-7-2-6-21-15/h3-5,8-9,11-12,18H,2,6-7,10H2,1H3/t12-/m1/s1. The highest BCUT2D eigenvalue weighted by Gasteiger charge is 2.14. The van der Waals surface area contributed by atoms with E-state index in [9.17, 15) is 0 Å². The first kappa shape index (κ1) is 14.5. The van der Waals surface area contributed by atoms with Crippen molar-refractivity contribution < 1.29 is 9.47 Å². The van der Waals surface area contributed by atoms with Crippen LogP contribution >= 0.6 is 11.3 Å². The molecule has 0 saturated carbocycles. The molecule has 1 N–H and O–H groups in total. The second kappa shape index (κ2) is 6.22. The number of hydrogen-bond donors (Lipinski definition) is 1. The van der Waals surface area contributed by atoms with Gasteiger partial charge in [0, 0.05) is 36.8 Å². The molecule has 0 saturated heterocycles. The van der Waals surface area contributed by atoms with Crippen LogP contribution in [0.1, 0.15) is 30.6 Å². The summed E-state index contributed by atoms with van der Waals surface area (Å²) in [5, 5.41) is 5.56. The summed E-state index contributed by atoms with van der Waals surface area (Å²) < 4.78 is 13.5. The number of imidazole rings is 1. The van der Waals surface area contributed by atoms with E-state index in [0.29, 0.717) is 6.61 Å². The molecule has 0 unspecified atom stereocenters. The number of rotatable bonds is 4. The third-order valence-corrected chi connectivity index (χ3v) is 4.77. The SMILES string of the molecule is C[C@@H](NCc1cn2ccsc2n1)c1ccc2c(c1)OCCCO2. The molecule has 1 aromatic carbocycles. The first-order chi connectivity index (χ1) is 11.3. The van der Waals surface area contributed by atoms with Gasteiger partial charge >= 0.3 is 0 Å². The van der Waals surface area contributed by atoms with Gasteiger partial charge in [-0.2, -0.15) is 0 Å². The number of hydrogen-bond acceptors (Lipinski definition) is 5. The summed E-state index contributed by atoms with van der Waals surface area (Å²) in [6.45, 7) is 4.32. The predicted molar refractivity (Wildman–Crippen MR) is 90.4 cm³/mol. The van der Waals surface area contributed by atoms with Crippen LogP contribution in [0.15, 0.2) is 36.0 Å². The summed E-state index contributed by atoms with van der Waals surface area (Å²) in [4.78, 5) is 5.63. The Balaban J connectivity index is 1.45. The molecule has 4 rings (SSSR count). The van der Waals surface area contributed by atoms with Crippen molar-refractivity contribution in [2.45, 2.75) is 25.9 Å². The quantitative estimate of drug-likeness (QED) is 0.797. The number of thiazole rings is 1. The van der Waals surface area contributed by atoms with E-state index in [2.05, 4.69) is 40.0 Å². The van der Waals surface area contributed by atoms with E-state index in [1.165, 1.54) is 5.56 Å². The average Bonchev–Trinajstić information content (AvgIpc) is 3.06. The van der Waals surface area contributed by atoms with Gasteiger partial charge in [0.05, 0.1) is 18.9 Å². The van der Waals surface area contributed by atoms with E-state index in [4.69, 9.17) is 9.47 Å². The fourth-order valence-electron chi connectivity index (χ4n) is 2.69. The Morgan fingerprint density at radius 3 is 3.04 bits per heavy atom. The van der Waals surface area contributed by atoms with Gasteiger partial charge in [-0.3, -0.25) is 4.40 Å². The summed E-state index contributed by atoms with van der Waals surface area (Å²) in [7, 11) is 0. The first-order valence-corrected chi connectivity index (χ1v) is 8.71. The van der Waals surface area contributed by atoms with Crippen molar-refractivity contribution in [1.82, 2.24) is 14.7 Å². The lowest BCUT2D eigenvalue weighted by atomic mass is 10.1. The number of fused-ring (bicyclic) bond motifs is 2. The molecular weight excluding hydrogens is 310 g/mol.